The first-order valence-corrected chi connectivity index (χ1v) is 13.5. The largest absolute Gasteiger partial charge is 0.307 e. The van der Waals surface area contributed by atoms with Crippen molar-refractivity contribution in [2.75, 3.05) is 0 Å². The van der Waals surface area contributed by atoms with Crippen molar-refractivity contribution in [3.63, 3.8) is 0 Å². The maximum atomic E-state index is 13.8. The van der Waals surface area contributed by atoms with Crippen LogP contribution in [0.1, 0.15) is 0 Å². The first-order chi connectivity index (χ1) is 16.1. The summed E-state index contributed by atoms with van der Waals surface area (Å²) < 4.78 is 34.0. The maximum Gasteiger partial charge on any atom is 0.307 e. The molecule has 0 aromatic heterocycles. The zero-order valence-electron chi connectivity index (χ0n) is 17.7. The Hall–Kier alpha value is -3.38. The van der Waals surface area contributed by atoms with Crippen LogP contribution < -0.4 is 0 Å². The monoisotopic (exact) mass is 470 g/mol. The van der Waals surface area contributed by atoms with E-state index in [1.54, 1.807) is 12.1 Å². The highest BCUT2D eigenvalue weighted by atomic mass is 32.3. The SMILES string of the molecule is O=S(=O)(OS(c1ccccc1)(c1ccccc1)c1ccccc1)c1ccc2ccccc2c1. The van der Waals surface area contributed by atoms with E-state index in [1.165, 1.54) is 0 Å². The first kappa shape index (κ1) is 21.5. The van der Waals surface area contributed by atoms with Crippen LogP contribution in [0.2, 0.25) is 0 Å². The van der Waals surface area contributed by atoms with E-state index < -0.39 is 20.4 Å². The summed E-state index contributed by atoms with van der Waals surface area (Å²) in [6, 6.07) is 41.6. The van der Waals surface area contributed by atoms with Crippen LogP contribution in [0.15, 0.2) is 153 Å². The fourth-order valence-electron chi connectivity index (χ4n) is 3.86. The Morgan fingerprint density at radius 1 is 0.424 bits per heavy atom. The van der Waals surface area contributed by atoms with Gasteiger partial charge in [0, 0.05) is 14.7 Å². The molecule has 33 heavy (non-hydrogen) atoms. The van der Waals surface area contributed by atoms with Crippen LogP contribution in [0.5, 0.6) is 0 Å². The van der Waals surface area contributed by atoms with Gasteiger partial charge in [0.05, 0.1) is 4.90 Å². The lowest BCUT2D eigenvalue weighted by Gasteiger charge is -2.39. The van der Waals surface area contributed by atoms with Crippen LogP contribution in [0, 0.1) is 0 Å². The molecule has 0 aliphatic heterocycles. The lowest BCUT2D eigenvalue weighted by atomic mass is 10.1. The van der Waals surface area contributed by atoms with E-state index in [9.17, 15) is 8.42 Å². The highest BCUT2D eigenvalue weighted by Gasteiger charge is 2.38. The summed E-state index contributed by atoms with van der Waals surface area (Å²) in [6.07, 6.45) is 0. The molecular weight excluding hydrogens is 448 g/mol. The van der Waals surface area contributed by atoms with Gasteiger partial charge in [-0.1, -0.05) is 84.9 Å². The summed E-state index contributed by atoms with van der Waals surface area (Å²) in [5, 5.41) is 1.83. The van der Waals surface area contributed by atoms with Crippen LogP contribution >= 0.6 is 10.3 Å². The van der Waals surface area contributed by atoms with E-state index in [4.69, 9.17) is 3.63 Å². The maximum absolute atomic E-state index is 13.8. The number of rotatable bonds is 6. The molecule has 0 atom stereocenters. The average Bonchev–Trinajstić information content (AvgIpc) is 2.88. The predicted octanol–water partition coefficient (Wildman–Crippen LogP) is 7.44. The summed E-state index contributed by atoms with van der Waals surface area (Å²) in [5.41, 5.74) is 0. The molecule has 5 heteroatoms. The molecule has 0 aliphatic carbocycles. The third-order valence-electron chi connectivity index (χ3n) is 5.43. The highest BCUT2D eigenvalue weighted by molar-refractivity contribution is 8.33. The summed E-state index contributed by atoms with van der Waals surface area (Å²) in [4.78, 5) is 2.58. The Morgan fingerprint density at radius 2 is 0.848 bits per heavy atom. The Kier molecular flexibility index (Phi) is 5.77. The molecule has 0 spiro atoms. The zero-order chi connectivity index (χ0) is 22.7. The molecule has 0 aliphatic rings. The summed E-state index contributed by atoms with van der Waals surface area (Å²) in [5.74, 6) is 0. The summed E-state index contributed by atoms with van der Waals surface area (Å²) in [6.45, 7) is 0. The molecular formula is C28H22O3S2. The molecule has 0 fully saturated rings. The van der Waals surface area contributed by atoms with Gasteiger partial charge in [0.15, 0.2) is 0 Å². The minimum Gasteiger partial charge on any atom is -0.203 e. The van der Waals surface area contributed by atoms with Gasteiger partial charge in [0.1, 0.15) is 0 Å². The van der Waals surface area contributed by atoms with E-state index in [1.807, 2.05) is 121 Å². The van der Waals surface area contributed by atoms with E-state index in [0.29, 0.717) is 0 Å². The Morgan fingerprint density at radius 3 is 1.33 bits per heavy atom. The van der Waals surface area contributed by atoms with Crippen LogP contribution in [-0.2, 0) is 13.7 Å². The van der Waals surface area contributed by atoms with Gasteiger partial charge >= 0.3 is 10.1 Å². The average molecular weight is 471 g/mol. The number of hydrogen-bond donors (Lipinski definition) is 0. The summed E-state index contributed by atoms with van der Waals surface area (Å²) >= 11 is 0. The quantitative estimate of drug-likeness (QED) is 0.259. The lowest BCUT2D eigenvalue weighted by Crippen LogP contribution is -2.14. The molecule has 0 bridgehead atoms. The van der Waals surface area contributed by atoms with Crippen molar-refractivity contribution in [1.82, 2.24) is 0 Å². The van der Waals surface area contributed by atoms with E-state index in [-0.39, 0.29) is 4.90 Å². The molecule has 0 saturated carbocycles. The van der Waals surface area contributed by atoms with Gasteiger partial charge in [-0.05, 0) is 69.6 Å². The predicted molar refractivity (Wildman–Crippen MR) is 134 cm³/mol. The molecule has 0 saturated heterocycles. The standard InChI is InChI=1S/C28H22O3S2/c29-33(30,28-21-20-23-12-10-11-13-24(23)22-28)31-32(25-14-4-1-5-15-25,26-16-6-2-7-17-26)27-18-8-3-9-19-27/h1-22H. The molecule has 5 rings (SSSR count). The van der Waals surface area contributed by atoms with Gasteiger partial charge in [-0.15, -0.1) is 0 Å². The van der Waals surface area contributed by atoms with Gasteiger partial charge in [-0.2, -0.15) is 8.42 Å². The van der Waals surface area contributed by atoms with Crippen molar-refractivity contribution in [2.24, 2.45) is 0 Å². The molecule has 0 N–H and O–H groups in total. The number of fused-ring (bicyclic) bond motifs is 1. The third kappa shape index (κ3) is 4.07. The second-order valence-electron chi connectivity index (χ2n) is 7.53. The molecule has 3 nitrogen and oxygen atoms in total. The zero-order valence-corrected chi connectivity index (χ0v) is 19.4. The molecule has 0 heterocycles. The molecule has 0 unspecified atom stereocenters. The molecule has 5 aromatic rings. The van der Waals surface area contributed by atoms with Crippen LogP contribution in [0.3, 0.4) is 0 Å². The first-order valence-electron chi connectivity index (χ1n) is 10.5. The Balaban J connectivity index is 1.75. The van der Waals surface area contributed by atoms with Gasteiger partial charge in [-0.3, -0.25) is 0 Å². The van der Waals surface area contributed by atoms with Crippen molar-refractivity contribution in [1.29, 1.82) is 0 Å². The third-order valence-corrected chi connectivity index (χ3v) is 10.6. The van der Waals surface area contributed by atoms with Gasteiger partial charge in [0.2, 0.25) is 0 Å². The molecule has 5 aromatic carbocycles. The smallest absolute Gasteiger partial charge is 0.203 e. The van der Waals surface area contributed by atoms with Gasteiger partial charge in [0.25, 0.3) is 0 Å². The van der Waals surface area contributed by atoms with E-state index in [0.717, 1.165) is 25.5 Å². The Bertz CT molecular complexity index is 1390. The van der Waals surface area contributed by atoms with Crippen molar-refractivity contribution in [3.8, 4) is 0 Å². The summed E-state index contributed by atoms with van der Waals surface area (Å²) in [7, 11) is -6.70. The van der Waals surface area contributed by atoms with Crippen LogP contribution in [-0.4, -0.2) is 8.42 Å². The van der Waals surface area contributed by atoms with Crippen LogP contribution in [0.4, 0.5) is 0 Å². The minimum absolute atomic E-state index is 0.140. The fourth-order valence-corrected chi connectivity index (χ4v) is 9.13. The normalized spacial score (nSPS) is 12.5. The second-order valence-corrected chi connectivity index (χ2v) is 12.0. The van der Waals surface area contributed by atoms with Gasteiger partial charge < -0.3 is 0 Å². The molecule has 164 valence electrons. The second kappa shape index (κ2) is 8.87. The highest BCUT2D eigenvalue weighted by Crippen LogP contribution is 2.70. The number of benzene rings is 5. The van der Waals surface area contributed by atoms with Crippen molar-refractivity contribution >= 4 is 31.2 Å². The van der Waals surface area contributed by atoms with Crippen molar-refractivity contribution < 1.29 is 12.0 Å². The number of hydrogen-bond acceptors (Lipinski definition) is 3. The van der Waals surface area contributed by atoms with Crippen LogP contribution in [0.25, 0.3) is 10.8 Å². The van der Waals surface area contributed by atoms with E-state index in [2.05, 4.69) is 0 Å². The lowest BCUT2D eigenvalue weighted by molar-refractivity contribution is 0.508. The Labute approximate surface area is 196 Å². The topological polar surface area (TPSA) is 43.4 Å². The molecule has 0 radical (unpaired) electrons. The van der Waals surface area contributed by atoms with Crippen molar-refractivity contribution in [2.45, 2.75) is 19.6 Å². The van der Waals surface area contributed by atoms with Crippen molar-refractivity contribution in [3.05, 3.63) is 133 Å². The van der Waals surface area contributed by atoms with E-state index >= 15 is 0 Å². The van der Waals surface area contributed by atoms with Gasteiger partial charge in [-0.25, -0.2) is 3.63 Å². The molecule has 0 amide bonds. The fraction of sp³-hybridized carbons (Fsp3) is 0. The minimum atomic E-state index is -4.12.